The average Bonchev–Trinajstić information content (AvgIpc) is 1.85. The van der Waals surface area contributed by atoms with Crippen LogP contribution in [0.25, 0.3) is 0 Å². The Hall–Kier alpha value is -0.960. The second-order valence-corrected chi connectivity index (χ2v) is 1.75. The maximum absolute atomic E-state index is 2.94. The summed E-state index contributed by atoms with van der Waals surface area (Å²) in [7, 11) is 0. The number of rotatable bonds is 1. The highest BCUT2D eigenvalue weighted by molar-refractivity contribution is 5.28. The lowest BCUT2D eigenvalue weighted by atomic mass is 10.3. The zero-order valence-corrected chi connectivity index (χ0v) is 6.23. The molecule has 0 fully saturated rings. The predicted octanol–water partition coefficient (Wildman–Crippen LogP) is 2.53. The highest BCUT2D eigenvalue weighted by Gasteiger charge is 1.72. The normalized spacial score (nSPS) is 11.2. The molecule has 0 bridgehead atoms. The van der Waals surface area contributed by atoms with E-state index in [0.717, 1.165) is 5.57 Å². The fourth-order valence-corrected chi connectivity index (χ4v) is 0.479. The van der Waals surface area contributed by atoms with Crippen LogP contribution in [0.2, 0.25) is 0 Å². The first-order valence-corrected chi connectivity index (χ1v) is 3.03. The molecule has 0 saturated carbocycles. The molecule has 0 aliphatic rings. The van der Waals surface area contributed by atoms with E-state index in [1.807, 2.05) is 39.0 Å². The summed E-state index contributed by atoms with van der Waals surface area (Å²) in [5.41, 5.74) is 1.11. The molecule has 0 aliphatic carbocycles. The standard InChI is InChI=1S/C9H12/c1-4-6-8-9(3)7-5-2/h4,6,8H,1-3H3. The van der Waals surface area contributed by atoms with Gasteiger partial charge in [-0.05, 0) is 26.3 Å². The third-order valence-electron chi connectivity index (χ3n) is 0.861. The van der Waals surface area contributed by atoms with E-state index in [1.54, 1.807) is 0 Å². The molecule has 0 atom stereocenters. The summed E-state index contributed by atoms with van der Waals surface area (Å²) in [6.45, 7) is 5.83. The molecule has 0 saturated heterocycles. The van der Waals surface area contributed by atoms with E-state index in [9.17, 15) is 0 Å². The van der Waals surface area contributed by atoms with Crippen molar-refractivity contribution in [1.82, 2.24) is 0 Å². The second-order valence-electron chi connectivity index (χ2n) is 1.75. The van der Waals surface area contributed by atoms with Crippen LogP contribution in [0.4, 0.5) is 0 Å². The average molecular weight is 120 g/mol. The van der Waals surface area contributed by atoms with E-state index >= 15 is 0 Å². The molecular formula is C9H12. The highest BCUT2D eigenvalue weighted by atomic mass is 13.8. The van der Waals surface area contributed by atoms with Crippen LogP contribution in [0.5, 0.6) is 0 Å². The second kappa shape index (κ2) is 5.18. The Morgan fingerprint density at radius 1 is 1.44 bits per heavy atom. The van der Waals surface area contributed by atoms with E-state index in [4.69, 9.17) is 0 Å². The van der Waals surface area contributed by atoms with Crippen molar-refractivity contribution in [2.45, 2.75) is 20.8 Å². The topological polar surface area (TPSA) is 0 Å². The zero-order chi connectivity index (χ0) is 7.11. The van der Waals surface area contributed by atoms with Crippen molar-refractivity contribution in [1.29, 1.82) is 0 Å². The number of hydrogen-bond donors (Lipinski definition) is 0. The summed E-state index contributed by atoms with van der Waals surface area (Å²) in [5.74, 6) is 5.76. The Balaban J connectivity index is 3.94. The zero-order valence-electron chi connectivity index (χ0n) is 6.23. The van der Waals surface area contributed by atoms with Crippen molar-refractivity contribution >= 4 is 0 Å². The molecule has 0 aromatic rings. The largest absolute Gasteiger partial charge is 0.102 e. The molecule has 0 rings (SSSR count). The van der Waals surface area contributed by atoms with Crippen molar-refractivity contribution in [2.24, 2.45) is 0 Å². The van der Waals surface area contributed by atoms with Gasteiger partial charge in [0, 0.05) is 0 Å². The van der Waals surface area contributed by atoms with Crippen LogP contribution in [0.15, 0.2) is 23.8 Å². The van der Waals surface area contributed by atoms with Crippen LogP contribution >= 0.6 is 0 Å². The van der Waals surface area contributed by atoms with E-state index in [2.05, 4.69) is 11.8 Å². The quantitative estimate of drug-likeness (QED) is 0.368. The molecule has 0 aromatic carbocycles. The smallest absolute Gasteiger partial charge is 0.00110 e. The first kappa shape index (κ1) is 8.04. The lowest BCUT2D eigenvalue weighted by molar-refractivity contribution is 1.56. The fourth-order valence-electron chi connectivity index (χ4n) is 0.479. The minimum Gasteiger partial charge on any atom is -0.102 e. The van der Waals surface area contributed by atoms with Gasteiger partial charge in [0.15, 0.2) is 0 Å². The predicted molar refractivity (Wildman–Crippen MR) is 42.0 cm³/mol. The number of hydrogen-bond acceptors (Lipinski definition) is 0. The van der Waals surface area contributed by atoms with Crippen LogP contribution in [-0.4, -0.2) is 0 Å². The molecule has 0 aromatic heterocycles. The lowest BCUT2D eigenvalue weighted by Crippen LogP contribution is -1.63. The first-order chi connectivity index (χ1) is 4.31. The molecule has 0 spiro atoms. The molecule has 0 nitrogen and oxygen atoms in total. The minimum atomic E-state index is 1.11. The maximum atomic E-state index is 2.94. The van der Waals surface area contributed by atoms with Crippen molar-refractivity contribution in [3.05, 3.63) is 23.8 Å². The summed E-state index contributed by atoms with van der Waals surface area (Å²) in [6, 6.07) is 0. The van der Waals surface area contributed by atoms with E-state index in [-0.39, 0.29) is 0 Å². The van der Waals surface area contributed by atoms with Gasteiger partial charge in [-0.25, -0.2) is 0 Å². The van der Waals surface area contributed by atoms with Crippen LogP contribution in [-0.2, 0) is 0 Å². The van der Waals surface area contributed by atoms with Crippen LogP contribution < -0.4 is 0 Å². The Morgan fingerprint density at radius 3 is 2.56 bits per heavy atom. The van der Waals surface area contributed by atoms with E-state index in [0.29, 0.717) is 0 Å². The third kappa shape index (κ3) is 4.90. The summed E-state index contributed by atoms with van der Waals surface area (Å²) in [4.78, 5) is 0. The lowest BCUT2D eigenvalue weighted by Gasteiger charge is -1.79. The summed E-state index contributed by atoms with van der Waals surface area (Å²) < 4.78 is 0. The van der Waals surface area contributed by atoms with Gasteiger partial charge in [-0.15, -0.1) is 5.92 Å². The maximum Gasteiger partial charge on any atom is -0.00110 e. The van der Waals surface area contributed by atoms with Crippen LogP contribution in [0.1, 0.15) is 20.8 Å². The van der Waals surface area contributed by atoms with Crippen molar-refractivity contribution in [2.75, 3.05) is 0 Å². The molecule has 0 unspecified atom stereocenters. The first-order valence-electron chi connectivity index (χ1n) is 3.03. The number of allylic oxidation sites excluding steroid dienone is 4. The highest BCUT2D eigenvalue weighted by Crippen LogP contribution is 1.88. The Labute approximate surface area is 57.3 Å². The summed E-state index contributed by atoms with van der Waals surface area (Å²) >= 11 is 0. The Morgan fingerprint density at radius 2 is 2.11 bits per heavy atom. The van der Waals surface area contributed by atoms with Crippen LogP contribution in [0.3, 0.4) is 0 Å². The molecule has 0 aliphatic heterocycles. The van der Waals surface area contributed by atoms with E-state index in [1.165, 1.54) is 0 Å². The minimum absolute atomic E-state index is 1.11. The van der Waals surface area contributed by atoms with E-state index < -0.39 is 0 Å². The van der Waals surface area contributed by atoms with Crippen LogP contribution in [0, 0.1) is 11.8 Å². The van der Waals surface area contributed by atoms with Crippen molar-refractivity contribution in [3.8, 4) is 11.8 Å². The SMILES string of the molecule is CC#CC(C)=CC=CC. The molecule has 9 heavy (non-hydrogen) atoms. The van der Waals surface area contributed by atoms with Gasteiger partial charge in [-0.2, -0.15) is 0 Å². The molecule has 0 N–H and O–H groups in total. The molecule has 0 heterocycles. The molecule has 0 radical (unpaired) electrons. The van der Waals surface area contributed by atoms with Gasteiger partial charge in [-0.3, -0.25) is 0 Å². The molecular weight excluding hydrogens is 108 g/mol. The summed E-state index contributed by atoms with van der Waals surface area (Å²) in [5, 5.41) is 0. The Bertz CT molecular complexity index is 172. The molecule has 0 amide bonds. The third-order valence-corrected chi connectivity index (χ3v) is 0.861. The van der Waals surface area contributed by atoms with Gasteiger partial charge in [0.2, 0.25) is 0 Å². The summed E-state index contributed by atoms with van der Waals surface area (Å²) in [6.07, 6.45) is 5.97. The van der Waals surface area contributed by atoms with Crippen molar-refractivity contribution < 1.29 is 0 Å². The molecule has 0 heteroatoms. The molecule has 48 valence electrons. The monoisotopic (exact) mass is 120 g/mol. The van der Waals surface area contributed by atoms with Crippen molar-refractivity contribution in [3.63, 3.8) is 0 Å². The van der Waals surface area contributed by atoms with Gasteiger partial charge in [-0.1, -0.05) is 24.1 Å². The Kier molecular flexibility index (Phi) is 4.63. The fraction of sp³-hybridized carbons (Fsp3) is 0.333. The van der Waals surface area contributed by atoms with Gasteiger partial charge in [0.25, 0.3) is 0 Å². The van der Waals surface area contributed by atoms with Gasteiger partial charge >= 0.3 is 0 Å². The van der Waals surface area contributed by atoms with Gasteiger partial charge in [0.05, 0.1) is 0 Å². The van der Waals surface area contributed by atoms with Gasteiger partial charge < -0.3 is 0 Å². The van der Waals surface area contributed by atoms with Gasteiger partial charge in [0.1, 0.15) is 0 Å².